The SMILES string of the molecule is Cn1cc(-c2cc(-c3cnn(C)c3)n(S(=O)(=O)c3cccs3)n2)cn1. The fraction of sp³-hybridized carbons (Fsp3) is 0.133. The van der Waals surface area contributed by atoms with Gasteiger partial charge in [0.15, 0.2) is 0 Å². The van der Waals surface area contributed by atoms with Gasteiger partial charge in [-0.05, 0) is 17.5 Å². The molecule has 0 fully saturated rings. The molecule has 0 aromatic carbocycles. The number of thiophene rings is 1. The zero-order chi connectivity index (χ0) is 17.6. The Morgan fingerprint density at radius 2 is 1.72 bits per heavy atom. The van der Waals surface area contributed by atoms with Crippen molar-refractivity contribution >= 4 is 21.4 Å². The van der Waals surface area contributed by atoms with Crippen molar-refractivity contribution in [3.05, 3.63) is 48.4 Å². The van der Waals surface area contributed by atoms with E-state index in [9.17, 15) is 8.42 Å². The lowest BCUT2D eigenvalue weighted by Gasteiger charge is -2.05. The van der Waals surface area contributed by atoms with Gasteiger partial charge in [-0.3, -0.25) is 9.36 Å². The van der Waals surface area contributed by atoms with Gasteiger partial charge in [0.1, 0.15) is 4.21 Å². The summed E-state index contributed by atoms with van der Waals surface area (Å²) in [6, 6.07) is 5.00. The molecule has 128 valence electrons. The third-order valence-corrected chi connectivity index (χ3v) is 6.62. The molecule has 0 aliphatic heterocycles. The zero-order valence-electron chi connectivity index (χ0n) is 13.4. The summed E-state index contributed by atoms with van der Waals surface area (Å²) in [7, 11) is -0.211. The molecule has 0 bridgehead atoms. The summed E-state index contributed by atoms with van der Waals surface area (Å²) < 4.78 is 30.6. The first-order chi connectivity index (χ1) is 11.9. The molecular formula is C15H14N6O2S2. The smallest absolute Gasteiger partial charge is 0.275 e. The maximum atomic E-state index is 13.0. The van der Waals surface area contributed by atoms with Gasteiger partial charge in [-0.25, -0.2) is 0 Å². The largest absolute Gasteiger partial charge is 0.293 e. The second-order valence-electron chi connectivity index (χ2n) is 5.50. The maximum absolute atomic E-state index is 13.0. The minimum absolute atomic E-state index is 0.235. The molecule has 0 radical (unpaired) electrons. The van der Waals surface area contributed by atoms with Crippen LogP contribution in [0.15, 0.2) is 52.6 Å². The van der Waals surface area contributed by atoms with E-state index in [0.717, 1.165) is 21.0 Å². The molecule has 25 heavy (non-hydrogen) atoms. The van der Waals surface area contributed by atoms with Gasteiger partial charge in [-0.2, -0.15) is 27.8 Å². The van der Waals surface area contributed by atoms with Crippen molar-refractivity contribution in [3.63, 3.8) is 0 Å². The second kappa shape index (κ2) is 5.67. The van der Waals surface area contributed by atoms with Crippen LogP contribution in [-0.2, 0) is 24.1 Å². The Morgan fingerprint density at radius 1 is 1.04 bits per heavy atom. The van der Waals surface area contributed by atoms with Crippen LogP contribution in [0.1, 0.15) is 0 Å². The number of nitrogens with zero attached hydrogens (tertiary/aromatic N) is 6. The average Bonchev–Trinajstić information content (AvgIpc) is 3.33. The Labute approximate surface area is 148 Å². The quantitative estimate of drug-likeness (QED) is 0.545. The van der Waals surface area contributed by atoms with Crippen LogP contribution in [0.25, 0.3) is 22.5 Å². The van der Waals surface area contributed by atoms with Crippen LogP contribution >= 0.6 is 11.3 Å². The van der Waals surface area contributed by atoms with Crippen molar-refractivity contribution in [2.24, 2.45) is 14.1 Å². The van der Waals surface area contributed by atoms with E-state index in [2.05, 4.69) is 15.3 Å². The van der Waals surface area contributed by atoms with Gasteiger partial charge in [0.25, 0.3) is 10.0 Å². The van der Waals surface area contributed by atoms with E-state index in [1.165, 1.54) is 0 Å². The molecule has 0 spiro atoms. The van der Waals surface area contributed by atoms with Crippen LogP contribution in [0.4, 0.5) is 0 Å². The Morgan fingerprint density at radius 3 is 2.28 bits per heavy atom. The summed E-state index contributed by atoms with van der Waals surface area (Å²) in [6.07, 6.45) is 6.81. The highest BCUT2D eigenvalue weighted by molar-refractivity contribution is 7.92. The first-order valence-electron chi connectivity index (χ1n) is 7.32. The van der Waals surface area contributed by atoms with Gasteiger partial charge in [-0.15, -0.1) is 11.3 Å². The first-order valence-corrected chi connectivity index (χ1v) is 9.64. The van der Waals surface area contributed by atoms with Gasteiger partial charge in [0.05, 0.1) is 23.8 Å². The van der Waals surface area contributed by atoms with Crippen LogP contribution in [0.2, 0.25) is 0 Å². The van der Waals surface area contributed by atoms with E-state index in [1.807, 2.05) is 0 Å². The minimum Gasteiger partial charge on any atom is -0.275 e. The van der Waals surface area contributed by atoms with Gasteiger partial charge in [-0.1, -0.05) is 6.07 Å². The Kier molecular flexibility index (Phi) is 3.58. The zero-order valence-corrected chi connectivity index (χ0v) is 15.1. The Balaban J connectivity index is 1.94. The average molecular weight is 374 g/mol. The molecule has 0 saturated heterocycles. The number of rotatable bonds is 4. The van der Waals surface area contributed by atoms with Crippen molar-refractivity contribution in [1.29, 1.82) is 0 Å². The van der Waals surface area contributed by atoms with E-state index in [1.54, 1.807) is 71.8 Å². The lowest BCUT2D eigenvalue weighted by molar-refractivity contribution is 0.583. The third kappa shape index (κ3) is 2.68. The molecular weight excluding hydrogens is 360 g/mol. The number of aromatic nitrogens is 6. The minimum atomic E-state index is -3.79. The number of aryl methyl sites for hydroxylation is 2. The topological polar surface area (TPSA) is 87.6 Å². The molecule has 4 aromatic heterocycles. The molecule has 4 rings (SSSR count). The molecule has 0 saturated carbocycles. The van der Waals surface area contributed by atoms with Gasteiger partial charge < -0.3 is 0 Å². The van der Waals surface area contributed by atoms with Crippen molar-refractivity contribution in [3.8, 4) is 22.5 Å². The van der Waals surface area contributed by atoms with E-state index in [0.29, 0.717) is 17.0 Å². The molecule has 0 aliphatic carbocycles. The number of hydrogen-bond acceptors (Lipinski definition) is 6. The lowest BCUT2D eigenvalue weighted by atomic mass is 10.2. The van der Waals surface area contributed by atoms with E-state index < -0.39 is 10.0 Å². The third-order valence-electron chi connectivity index (χ3n) is 3.66. The Hall–Kier alpha value is -2.72. The van der Waals surface area contributed by atoms with Crippen molar-refractivity contribution < 1.29 is 8.42 Å². The summed E-state index contributed by atoms with van der Waals surface area (Å²) >= 11 is 1.16. The lowest BCUT2D eigenvalue weighted by Crippen LogP contribution is -2.14. The summed E-state index contributed by atoms with van der Waals surface area (Å²) in [5, 5.41) is 14.3. The molecule has 4 aromatic rings. The molecule has 0 unspecified atom stereocenters. The predicted octanol–water partition coefficient (Wildman–Crippen LogP) is 1.98. The van der Waals surface area contributed by atoms with Crippen molar-refractivity contribution in [2.75, 3.05) is 0 Å². The molecule has 0 amide bonds. The molecule has 0 N–H and O–H groups in total. The fourth-order valence-electron chi connectivity index (χ4n) is 2.49. The predicted molar refractivity (Wildman–Crippen MR) is 93.5 cm³/mol. The van der Waals surface area contributed by atoms with Gasteiger partial charge >= 0.3 is 0 Å². The van der Waals surface area contributed by atoms with Crippen LogP contribution in [0.3, 0.4) is 0 Å². The highest BCUT2D eigenvalue weighted by Crippen LogP contribution is 2.30. The fourth-order valence-corrected chi connectivity index (χ4v) is 4.83. The second-order valence-corrected chi connectivity index (χ2v) is 8.44. The molecule has 4 heterocycles. The van der Waals surface area contributed by atoms with E-state index >= 15 is 0 Å². The summed E-state index contributed by atoms with van der Waals surface area (Å²) in [6.45, 7) is 0. The monoisotopic (exact) mass is 374 g/mol. The molecule has 8 nitrogen and oxygen atoms in total. The molecule has 0 atom stereocenters. The van der Waals surface area contributed by atoms with Gasteiger partial charge in [0, 0.05) is 37.6 Å². The molecule has 0 aliphatic rings. The van der Waals surface area contributed by atoms with Crippen LogP contribution < -0.4 is 0 Å². The summed E-state index contributed by atoms with van der Waals surface area (Å²) in [5.74, 6) is 0. The van der Waals surface area contributed by atoms with Crippen molar-refractivity contribution in [2.45, 2.75) is 4.21 Å². The first kappa shape index (κ1) is 15.8. The highest BCUT2D eigenvalue weighted by atomic mass is 32.2. The summed E-state index contributed by atoms with van der Waals surface area (Å²) in [4.78, 5) is 0. The highest BCUT2D eigenvalue weighted by Gasteiger charge is 2.25. The van der Waals surface area contributed by atoms with E-state index in [4.69, 9.17) is 0 Å². The van der Waals surface area contributed by atoms with Crippen molar-refractivity contribution in [1.82, 2.24) is 28.7 Å². The van der Waals surface area contributed by atoms with Crippen LogP contribution in [0.5, 0.6) is 0 Å². The maximum Gasteiger partial charge on any atom is 0.293 e. The standard InChI is InChI=1S/C15H14N6O2S2/c1-19-9-11(7-16-19)13-6-14(12-8-17-20(2)10-12)21(18-13)25(22,23)15-4-3-5-24-15/h3-10H,1-2H3. The molecule has 10 heteroatoms. The van der Waals surface area contributed by atoms with Gasteiger partial charge in [0.2, 0.25) is 0 Å². The summed E-state index contributed by atoms with van der Waals surface area (Å²) in [5.41, 5.74) is 2.41. The normalized spacial score (nSPS) is 11.9. The van der Waals surface area contributed by atoms with E-state index in [-0.39, 0.29) is 4.21 Å². The number of hydrogen-bond donors (Lipinski definition) is 0. The Bertz CT molecular complexity index is 1130. The van der Waals surface area contributed by atoms with Crippen LogP contribution in [-0.4, -0.2) is 37.2 Å². The van der Waals surface area contributed by atoms with Crippen LogP contribution in [0, 0.1) is 0 Å².